The maximum absolute atomic E-state index is 14.2. The van der Waals surface area contributed by atoms with Crippen molar-refractivity contribution >= 4 is 11.8 Å². The van der Waals surface area contributed by atoms with Crippen LogP contribution in [0.3, 0.4) is 0 Å². The molecular formula is C30H46O4. The monoisotopic (exact) mass is 470 g/mol. The molecular weight excluding hydrogens is 424 g/mol. The summed E-state index contributed by atoms with van der Waals surface area (Å²) in [7, 11) is 0. The summed E-state index contributed by atoms with van der Waals surface area (Å²) >= 11 is 0. The van der Waals surface area contributed by atoms with Crippen molar-refractivity contribution in [2.24, 2.45) is 56.7 Å². The number of hydrogen-bond donors (Lipinski definition) is 2. The Morgan fingerprint density at radius 2 is 1.62 bits per heavy atom. The molecule has 5 rings (SSSR count). The Morgan fingerprint density at radius 1 is 0.941 bits per heavy atom. The van der Waals surface area contributed by atoms with Crippen LogP contribution in [-0.2, 0) is 9.59 Å². The molecule has 3 unspecified atom stereocenters. The Kier molecular flexibility index (Phi) is 5.20. The van der Waals surface area contributed by atoms with Crippen LogP contribution in [0.1, 0.15) is 99.8 Å². The molecule has 0 aromatic carbocycles. The number of allylic oxidation sites excluding steroid dienone is 2. The molecule has 5 aliphatic rings. The van der Waals surface area contributed by atoms with Crippen LogP contribution in [0.2, 0.25) is 0 Å². The van der Waals surface area contributed by atoms with Crippen LogP contribution < -0.4 is 0 Å². The van der Waals surface area contributed by atoms with Gasteiger partial charge in [-0.1, -0.05) is 47.1 Å². The Labute approximate surface area is 206 Å². The van der Waals surface area contributed by atoms with Gasteiger partial charge in [-0.25, -0.2) is 0 Å². The van der Waals surface area contributed by atoms with Crippen molar-refractivity contribution in [3.05, 3.63) is 11.6 Å². The van der Waals surface area contributed by atoms with Gasteiger partial charge in [0.25, 0.3) is 0 Å². The molecule has 0 amide bonds. The summed E-state index contributed by atoms with van der Waals surface area (Å²) in [6.45, 7) is 16.0. The van der Waals surface area contributed by atoms with E-state index in [1.807, 2.05) is 0 Å². The molecule has 4 heteroatoms. The molecule has 0 aromatic heterocycles. The van der Waals surface area contributed by atoms with E-state index in [1.165, 1.54) is 24.8 Å². The van der Waals surface area contributed by atoms with E-state index in [4.69, 9.17) is 0 Å². The largest absolute Gasteiger partial charge is 0.481 e. The second-order valence-corrected chi connectivity index (χ2v) is 14.4. The lowest BCUT2D eigenvalue weighted by atomic mass is 9.33. The highest BCUT2D eigenvalue weighted by molar-refractivity contribution is 5.96. The van der Waals surface area contributed by atoms with Crippen LogP contribution >= 0.6 is 0 Å². The van der Waals surface area contributed by atoms with Crippen molar-refractivity contribution in [3.63, 3.8) is 0 Å². The molecule has 190 valence electrons. The molecule has 34 heavy (non-hydrogen) atoms. The van der Waals surface area contributed by atoms with Crippen molar-refractivity contribution < 1.29 is 19.8 Å². The molecule has 0 aromatic rings. The van der Waals surface area contributed by atoms with E-state index in [0.717, 1.165) is 25.7 Å². The quantitative estimate of drug-likeness (QED) is 0.474. The molecule has 0 heterocycles. The molecule has 5 aliphatic carbocycles. The lowest BCUT2D eigenvalue weighted by Crippen LogP contribution is -2.68. The fourth-order valence-electron chi connectivity index (χ4n) is 10.7. The van der Waals surface area contributed by atoms with Crippen LogP contribution in [0.4, 0.5) is 0 Å². The van der Waals surface area contributed by atoms with Crippen LogP contribution in [0, 0.1) is 56.7 Å². The number of carbonyl (C=O) groups is 2. The average Bonchev–Trinajstić information content (AvgIpc) is 2.75. The van der Waals surface area contributed by atoms with E-state index >= 15 is 0 Å². The highest BCUT2D eigenvalue weighted by Gasteiger charge is 2.71. The Bertz CT molecular complexity index is 953. The molecule has 0 bridgehead atoms. The van der Waals surface area contributed by atoms with Gasteiger partial charge in [0.2, 0.25) is 0 Å². The van der Waals surface area contributed by atoms with Crippen molar-refractivity contribution in [1.29, 1.82) is 0 Å². The number of fused-ring (bicyclic) bond motifs is 7. The van der Waals surface area contributed by atoms with Crippen molar-refractivity contribution in [2.45, 2.75) is 106 Å². The van der Waals surface area contributed by atoms with Crippen LogP contribution in [0.5, 0.6) is 0 Å². The first-order valence-corrected chi connectivity index (χ1v) is 13.8. The third-order valence-corrected chi connectivity index (χ3v) is 13.2. The number of hydrogen-bond acceptors (Lipinski definition) is 3. The summed E-state index contributed by atoms with van der Waals surface area (Å²) in [6, 6.07) is 0. The van der Waals surface area contributed by atoms with Gasteiger partial charge in [-0.3, -0.25) is 9.59 Å². The number of carboxylic acids is 1. The smallest absolute Gasteiger partial charge is 0.312 e. The third-order valence-electron chi connectivity index (χ3n) is 13.2. The Balaban J connectivity index is 1.65. The predicted octanol–water partition coefficient (Wildman–Crippen LogP) is 6.27. The highest BCUT2D eigenvalue weighted by atomic mass is 16.4. The second kappa shape index (κ2) is 7.20. The third kappa shape index (κ3) is 2.70. The Hall–Kier alpha value is -1.16. The van der Waals surface area contributed by atoms with Gasteiger partial charge in [0.15, 0.2) is 5.78 Å². The number of rotatable bonds is 1. The minimum absolute atomic E-state index is 0.0370. The highest BCUT2D eigenvalue weighted by Crippen LogP contribution is 2.75. The van der Waals surface area contributed by atoms with Crippen molar-refractivity contribution in [3.8, 4) is 0 Å². The minimum atomic E-state index is -1.20. The van der Waals surface area contributed by atoms with E-state index in [1.54, 1.807) is 6.92 Å². The van der Waals surface area contributed by atoms with Crippen molar-refractivity contribution in [2.75, 3.05) is 0 Å². The number of aliphatic hydroxyl groups is 1. The first-order valence-electron chi connectivity index (χ1n) is 13.8. The zero-order valence-electron chi connectivity index (χ0n) is 22.4. The summed E-state index contributed by atoms with van der Waals surface area (Å²) < 4.78 is 0. The molecule has 0 saturated heterocycles. The predicted molar refractivity (Wildman–Crippen MR) is 133 cm³/mol. The fourth-order valence-corrected chi connectivity index (χ4v) is 10.7. The van der Waals surface area contributed by atoms with Gasteiger partial charge >= 0.3 is 5.97 Å². The Morgan fingerprint density at radius 3 is 2.26 bits per heavy atom. The van der Waals surface area contributed by atoms with Crippen LogP contribution in [0.25, 0.3) is 0 Å². The molecule has 4 fully saturated rings. The summed E-state index contributed by atoms with van der Waals surface area (Å²) in [4.78, 5) is 26.7. The van der Waals surface area contributed by atoms with E-state index in [2.05, 4.69) is 47.6 Å². The van der Waals surface area contributed by atoms with E-state index in [-0.39, 0.29) is 33.9 Å². The first kappa shape index (κ1) is 24.5. The standard InChI is InChI=1S/C30H46O4/c1-17-8-11-26(3)14-15-28(5)19(23(26)18(17)2)16-20(31)24-27(4)12-10-22(32)30(7,25(33)34)21(27)9-13-29(24,28)6/h16-18,21-24,32H,8-15H2,1-7H3,(H,33,34)/t17-,18+,21?,22-,23?,24?,26-,27+,28-,29-,30-/m1/s1. The lowest BCUT2D eigenvalue weighted by molar-refractivity contribution is -0.215. The van der Waals surface area contributed by atoms with Gasteiger partial charge in [-0.05, 0) is 110 Å². The average molecular weight is 471 g/mol. The summed E-state index contributed by atoms with van der Waals surface area (Å²) in [5.41, 5.74) is -0.124. The normalized spacial score (nSPS) is 56.9. The van der Waals surface area contributed by atoms with Crippen LogP contribution in [-0.4, -0.2) is 28.1 Å². The number of ketones is 1. The molecule has 0 spiro atoms. The number of aliphatic carboxylic acids is 1. The van der Waals surface area contributed by atoms with Gasteiger partial charge in [-0.2, -0.15) is 0 Å². The maximum atomic E-state index is 14.2. The van der Waals surface area contributed by atoms with E-state index in [0.29, 0.717) is 24.2 Å². The molecule has 11 atom stereocenters. The second-order valence-electron chi connectivity index (χ2n) is 14.4. The topological polar surface area (TPSA) is 74.6 Å². The van der Waals surface area contributed by atoms with Gasteiger partial charge < -0.3 is 10.2 Å². The number of aliphatic hydroxyl groups excluding tert-OH is 1. The van der Waals surface area contributed by atoms with Crippen LogP contribution in [0.15, 0.2) is 11.6 Å². The fraction of sp³-hybridized carbons (Fsp3) is 0.867. The number of carboxylic acid groups (broad SMARTS) is 1. The van der Waals surface area contributed by atoms with Gasteiger partial charge in [-0.15, -0.1) is 0 Å². The summed E-state index contributed by atoms with van der Waals surface area (Å²) in [6.07, 6.45) is 8.89. The zero-order valence-corrected chi connectivity index (χ0v) is 22.4. The summed E-state index contributed by atoms with van der Waals surface area (Å²) in [5.74, 6) is 0.656. The first-order chi connectivity index (χ1) is 15.7. The zero-order chi connectivity index (χ0) is 25.1. The molecule has 0 radical (unpaired) electrons. The van der Waals surface area contributed by atoms with Gasteiger partial charge in [0, 0.05) is 5.92 Å². The minimum Gasteiger partial charge on any atom is -0.481 e. The van der Waals surface area contributed by atoms with Crippen molar-refractivity contribution in [1.82, 2.24) is 0 Å². The maximum Gasteiger partial charge on any atom is 0.312 e. The molecule has 0 aliphatic heterocycles. The van der Waals surface area contributed by atoms with E-state index < -0.39 is 22.9 Å². The van der Waals surface area contributed by atoms with Gasteiger partial charge in [0.05, 0.1) is 11.5 Å². The summed E-state index contributed by atoms with van der Waals surface area (Å²) in [5, 5.41) is 21.1. The molecule has 2 N–H and O–H groups in total. The molecule has 4 saturated carbocycles. The molecule has 4 nitrogen and oxygen atoms in total. The number of carbonyl (C=O) groups excluding carboxylic acids is 1. The SMILES string of the molecule is C[C@@H]1CC[C@]2(C)CC[C@]3(C)C(=CC(=O)C4[C@@]5(C)CC[C@@H](O)[C@](C)(C(=O)O)C5CC[C@]43C)C2[C@H]1C. The lowest BCUT2D eigenvalue weighted by Gasteiger charge is -2.70. The van der Waals surface area contributed by atoms with E-state index in [9.17, 15) is 19.8 Å². The van der Waals surface area contributed by atoms with Gasteiger partial charge in [0.1, 0.15) is 0 Å².